The Kier molecular flexibility index (Phi) is 6.15. The Balaban J connectivity index is 1.48. The summed E-state index contributed by atoms with van der Waals surface area (Å²) >= 11 is 5.05. The maximum absolute atomic E-state index is 13.1. The maximum Gasteiger partial charge on any atom is 0.259 e. The average molecular weight is 489 g/mol. The summed E-state index contributed by atoms with van der Waals surface area (Å²) in [6.45, 7) is 8.31. The van der Waals surface area contributed by atoms with Gasteiger partial charge in [-0.3, -0.25) is 9.52 Å². The van der Waals surface area contributed by atoms with Crippen LogP contribution in [0.2, 0.25) is 0 Å². The zero-order valence-electron chi connectivity index (χ0n) is 17.8. The molecule has 7 heteroatoms. The number of halogens is 1. The quantitative estimate of drug-likeness (QED) is 0.406. The molecule has 160 valence electrons. The van der Waals surface area contributed by atoms with Gasteiger partial charge in [-0.2, -0.15) is 0 Å². The van der Waals surface area contributed by atoms with E-state index in [1.165, 1.54) is 25.7 Å². The van der Waals surface area contributed by atoms with Crippen molar-refractivity contribution in [3.63, 3.8) is 0 Å². The molecule has 1 aromatic carbocycles. The molecule has 0 radical (unpaired) electrons. The second kappa shape index (κ2) is 8.52. The Labute approximate surface area is 191 Å². The van der Waals surface area contributed by atoms with Gasteiger partial charge >= 0.3 is 0 Å². The predicted molar refractivity (Wildman–Crippen MR) is 128 cm³/mol. The van der Waals surface area contributed by atoms with E-state index in [0.29, 0.717) is 11.0 Å². The van der Waals surface area contributed by atoms with E-state index in [9.17, 15) is 4.79 Å². The van der Waals surface area contributed by atoms with E-state index >= 15 is 0 Å². The van der Waals surface area contributed by atoms with Gasteiger partial charge in [0.2, 0.25) is 0 Å². The molecule has 1 aliphatic carbocycles. The molecule has 1 aromatic heterocycles. The van der Waals surface area contributed by atoms with Gasteiger partial charge in [0.25, 0.3) is 5.91 Å². The minimum atomic E-state index is -0.123. The van der Waals surface area contributed by atoms with Crippen molar-refractivity contribution in [1.82, 2.24) is 9.71 Å². The number of hydrogen-bond donors (Lipinski definition) is 2. The van der Waals surface area contributed by atoms with Crippen molar-refractivity contribution in [3.05, 3.63) is 46.6 Å². The van der Waals surface area contributed by atoms with Gasteiger partial charge in [-0.05, 0) is 110 Å². The van der Waals surface area contributed by atoms with Crippen molar-refractivity contribution in [2.45, 2.75) is 56.9 Å². The van der Waals surface area contributed by atoms with Gasteiger partial charge in [0.05, 0.1) is 5.56 Å². The molecule has 2 N–H and O–H groups in total. The van der Waals surface area contributed by atoms with Gasteiger partial charge in [0.1, 0.15) is 10.4 Å². The fourth-order valence-corrected chi connectivity index (χ4v) is 4.82. The number of nitrogens with one attached hydrogen (secondary N) is 2. The number of benzene rings is 1. The number of anilines is 2. The van der Waals surface area contributed by atoms with Crippen molar-refractivity contribution in [2.75, 3.05) is 23.3 Å². The molecule has 0 unspecified atom stereocenters. The standard InChI is InChI=1S/C23H29BrN4OS/c1-22(2,3)27-30-17-6-4-5-16(15-17)25-21(29)18-7-8-19(24)26-20(18)28-13-11-23(9-10-23)12-14-28/h4-8,15,27H,9-14H2,1-3H3,(H,25,29). The van der Waals surface area contributed by atoms with Gasteiger partial charge in [0.15, 0.2) is 0 Å². The van der Waals surface area contributed by atoms with Crippen molar-refractivity contribution < 1.29 is 4.79 Å². The summed E-state index contributed by atoms with van der Waals surface area (Å²) in [5.74, 6) is 0.653. The van der Waals surface area contributed by atoms with Crippen molar-refractivity contribution in [3.8, 4) is 0 Å². The van der Waals surface area contributed by atoms with Gasteiger partial charge < -0.3 is 10.2 Å². The summed E-state index contributed by atoms with van der Waals surface area (Å²) < 4.78 is 4.16. The van der Waals surface area contributed by atoms with Crippen LogP contribution < -0.4 is 14.9 Å². The van der Waals surface area contributed by atoms with Crippen LogP contribution >= 0.6 is 27.9 Å². The van der Waals surface area contributed by atoms with E-state index in [1.807, 2.05) is 36.4 Å². The lowest BCUT2D eigenvalue weighted by Crippen LogP contribution is -2.36. The van der Waals surface area contributed by atoms with Crippen LogP contribution in [0.1, 0.15) is 56.8 Å². The lowest BCUT2D eigenvalue weighted by atomic mass is 9.93. The van der Waals surface area contributed by atoms with E-state index in [-0.39, 0.29) is 11.4 Å². The number of amides is 1. The Morgan fingerprint density at radius 2 is 1.87 bits per heavy atom. The summed E-state index contributed by atoms with van der Waals surface area (Å²) in [5, 5.41) is 3.06. The lowest BCUT2D eigenvalue weighted by Gasteiger charge is -2.34. The van der Waals surface area contributed by atoms with Gasteiger partial charge in [-0.1, -0.05) is 6.07 Å². The second-order valence-corrected chi connectivity index (χ2v) is 11.1. The summed E-state index contributed by atoms with van der Waals surface area (Å²) in [6, 6.07) is 11.6. The highest BCUT2D eigenvalue weighted by Crippen LogP contribution is 2.54. The Hall–Kier alpha value is -1.57. The van der Waals surface area contributed by atoms with Gasteiger partial charge in [-0.25, -0.2) is 4.98 Å². The third-order valence-corrected chi connectivity index (χ3v) is 7.38. The first kappa shape index (κ1) is 21.7. The molecule has 1 spiro atoms. The molecule has 2 aromatic rings. The molecule has 1 aliphatic heterocycles. The summed E-state index contributed by atoms with van der Waals surface area (Å²) in [7, 11) is 0. The SMILES string of the molecule is CC(C)(C)NSc1cccc(NC(=O)c2ccc(Br)nc2N2CCC3(CC2)CC3)c1. The van der Waals surface area contributed by atoms with Crippen LogP contribution in [0.15, 0.2) is 45.9 Å². The topological polar surface area (TPSA) is 57.3 Å². The van der Waals surface area contributed by atoms with E-state index in [2.05, 4.69) is 56.6 Å². The zero-order chi connectivity index (χ0) is 21.4. The van der Waals surface area contributed by atoms with Crippen LogP contribution in [0.25, 0.3) is 0 Å². The highest BCUT2D eigenvalue weighted by atomic mass is 79.9. The largest absolute Gasteiger partial charge is 0.356 e. The van der Waals surface area contributed by atoms with E-state index < -0.39 is 0 Å². The molecule has 1 saturated heterocycles. The third kappa shape index (κ3) is 5.37. The van der Waals surface area contributed by atoms with Crippen molar-refractivity contribution >= 4 is 45.3 Å². The average Bonchev–Trinajstić information content (AvgIpc) is 3.45. The van der Waals surface area contributed by atoms with Crippen LogP contribution in [0, 0.1) is 5.41 Å². The number of rotatable bonds is 5. The normalized spacial score (nSPS) is 17.8. The minimum Gasteiger partial charge on any atom is -0.356 e. The molecule has 4 rings (SSSR count). The first-order valence-corrected chi connectivity index (χ1v) is 12.1. The summed E-state index contributed by atoms with van der Waals surface area (Å²) in [5.41, 5.74) is 2.00. The number of pyridine rings is 1. The molecule has 2 fully saturated rings. The summed E-state index contributed by atoms with van der Waals surface area (Å²) in [6.07, 6.45) is 5.11. The molecule has 1 saturated carbocycles. The number of nitrogens with zero attached hydrogens (tertiary/aromatic N) is 2. The summed E-state index contributed by atoms with van der Waals surface area (Å²) in [4.78, 5) is 21.1. The number of piperidine rings is 1. The fourth-order valence-electron chi connectivity index (χ4n) is 3.76. The molecular weight excluding hydrogens is 460 g/mol. The van der Waals surface area contributed by atoms with Gasteiger partial charge in [0, 0.05) is 29.2 Å². The highest BCUT2D eigenvalue weighted by Gasteiger charge is 2.44. The molecule has 0 bridgehead atoms. The second-order valence-electron chi connectivity index (χ2n) is 9.43. The number of hydrogen-bond acceptors (Lipinski definition) is 5. The fraction of sp³-hybridized carbons (Fsp3) is 0.478. The molecular formula is C23H29BrN4OS. The molecule has 5 nitrogen and oxygen atoms in total. The first-order chi connectivity index (χ1) is 14.2. The highest BCUT2D eigenvalue weighted by molar-refractivity contribution is 9.10. The monoisotopic (exact) mass is 488 g/mol. The Morgan fingerprint density at radius 1 is 1.13 bits per heavy atom. The smallest absolute Gasteiger partial charge is 0.259 e. The zero-order valence-corrected chi connectivity index (χ0v) is 20.2. The minimum absolute atomic E-state index is 0.00933. The Morgan fingerprint density at radius 3 is 2.53 bits per heavy atom. The van der Waals surface area contributed by atoms with Crippen LogP contribution in [0.3, 0.4) is 0 Å². The maximum atomic E-state index is 13.1. The van der Waals surface area contributed by atoms with E-state index in [1.54, 1.807) is 11.9 Å². The lowest BCUT2D eigenvalue weighted by molar-refractivity contribution is 0.102. The number of carbonyl (C=O) groups excluding carboxylic acids is 1. The van der Waals surface area contributed by atoms with E-state index in [4.69, 9.17) is 0 Å². The number of aromatic nitrogens is 1. The molecule has 2 heterocycles. The van der Waals surface area contributed by atoms with Crippen molar-refractivity contribution in [2.24, 2.45) is 5.41 Å². The van der Waals surface area contributed by atoms with E-state index in [0.717, 1.165) is 34.1 Å². The first-order valence-electron chi connectivity index (χ1n) is 10.5. The van der Waals surface area contributed by atoms with Crippen LogP contribution in [0.4, 0.5) is 11.5 Å². The van der Waals surface area contributed by atoms with Crippen LogP contribution in [-0.4, -0.2) is 29.5 Å². The molecule has 1 amide bonds. The number of carbonyl (C=O) groups is 1. The van der Waals surface area contributed by atoms with Gasteiger partial charge in [-0.15, -0.1) is 0 Å². The molecule has 30 heavy (non-hydrogen) atoms. The Bertz CT molecular complexity index is 929. The third-order valence-electron chi connectivity index (χ3n) is 5.73. The molecule has 2 aliphatic rings. The van der Waals surface area contributed by atoms with Crippen LogP contribution in [-0.2, 0) is 0 Å². The predicted octanol–water partition coefficient (Wildman–Crippen LogP) is 5.87. The van der Waals surface area contributed by atoms with Crippen molar-refractivity contribution in [1.29, 1.82) is 0 Å². The molecule has 0 atom stereocenters. The van der Waals surface area contributed by atoms with Crippen LogP contribution in [0.5, 0.6) is 0 Å².